The van der Waals surface area contributed by atoms with Gasteiger partial charge in [-0.15, -0.1) is 0 Å². The van der Waals surface area contributed by atoms with Crippen molar-refractivity contribution in [3.8, 4) is 0 Å². The Labute approximate surface area is 119 Å². The van der Waals surface area contributed by atoms with Crippen LogP contribution in [-0.2, 0) is 6.54 Å². The lowest BCUT2D eigenvalue weighted by Gasteiger charge is -2.37. The van der Waals surface area contributed by atoms with Crippen molar-refractivity contribution in [1.82, 2.24) is 15.2 Å². The third kappa shape index (κ3) is 2.63. The lowest BCUT2D eigenvalue weighted by molar-refractivity contribution is 0.0541. The Balaban J connectivity index is 1.60. The Hall–Kier alpha value is -1.62. The van der Waals surface area contributed by atoms with E-state index in [4.69, 9.17) is 0 Å². The fourth-order valence-corrected chi connectivity index (χ4v) is 3.46. The number of urea groups is 1. The molecule has 2 fully saturated rings. The molecule has 2 saturated heterocycles. The molecule has 1 aromatic rings. The Morgan fingerprint density at radius 1 is 1.40 bits per heavy atom. The molecule has 20 heavy (non-hydrogen) atoms. The van der Waals surface area contributed by atoms with Gasteiger partial charge in [0.2, 0.25) is 0 Å². The van der Waals surface area contributed by atoms with E-state index in [0.29, 0.717) is 6.54 Å². The zero-order chi connectivity index (χ0) is 14.1. The van der Waals surface area contributed by atoms with Gasteiger partial charge in [-0.05, 0) is 43.7 Å². The first-order valence-electron chi connectivity index (χ1n) is 7.28. The number of aliphatic hydroxyl groups is 1. The molecule has 5 nitrogen and oxygen atoms in total. The van der Waals surface area contributed by atoms with Crippen LogP contribution in [0.25, 0.3) is 0 Å². The standard InChI is InChI=1S/C15H21N3O2/c1-10-4-11(8-16-7-10)9-17-15(20)18-12-2-3-13(18)6-14(19)5-12/h4,7-8,12-14,19H,2-3,5-6,9H2,1H3,(H,17,20). The highest BCUT2D eigenvalue weighted by Crippen LogP contribution is 2.35. The molecule has 3 rings (SSSR count). The monoisotopic (exact) mass is 275 g/mol. The molecule has 5 heteroatoms. The minimum absolute atomic E-state index is 0.00842. The molecule has 2 amide bonds. The molecule has 3 heterocycles. The number of pyridine rings is 1. The Morgan fingerprint density at radius 3 is 2.75 bits per heavy atom. The summed E-state index contributed by atoms with van der Waals surface area (Å²) in [6, 6.07) is 2.44. The van der Waals surface area contributed by atoms with Crippen molar-refractivity contribution >= 4 is 6.03 Å². The van der Waals surface area contributed by atoms with Gasteiger partial charge < -0.3 is 15.3 Å². The van der Waals surface area contributed by atoms with E-state index < -0.39 is 0 Å². The molecule has 0 aliphatic carbocycles. The first-order chi connectivity index (χ1) is 9.63. The van der Waals surface area contributed by atoms with Crippen LogP contribution < -0.4 is 5.32 Å². The second-order valence-electron chi connectivity index (χ2n) is 5.95. The minimum atomic E-state index is -0.238. The number of aliphatic hydroxyl groups excluding tert-OH is 1. The number of nitrogens with one attached hydrogen (secondary N) is 1. The number of fused-ring (bicyclic) bond motifs is 2. The molecule has 0 spiro atoms. The van der Waals surface area contributed by atoms with Gasteiger partial charge >= 0.3 is 6.03 Å². The number of aryl methyl sites for hydroxylation is 1. The first-order valence-corrected chi connectivity index (χ1v) is 7.28. The van der Waals surface area contributed by atoms with Crippen LogP contribution in [0.5, 0.6) is 0 Å². The van der Waals surface area contributed by atoms with Gasteiger partial charge in [0.05, 0.1) is 6.10 Å². The van der Waals surface area contributed by atoms with Crippen LogP contribution in [0.3, 0.4) is 0 Å². The summed E-state index contributed by atoms with van der Waals surface area (Å²) in [5.74, 6) is 0. The zero-order valence-corrected chi connectivity index (χ0v) is 11.7. The van der Waals surface area contributed by atoms with Gasteiger partial charge in [-0.3, -0.25) is 4.98 Å². The largest absolute Gasteiger partial charge is 0.393 e. The predicted molar refractivity (Wildman–Crippen MR) is 75.1 cm³/mol. The summed E-state index contributed by atoms with van der Waals surface area (Å²) >= 11 is 0. The van der Waals surface area contributed by atoms with Crippen molar-refractivity contribution < 1.29 is 9.90 Å². The molecular formula is C15H21N3O2. The number of carbonyl (C=O) groups is 1. The molecule has 2 unspecified atom stereocenters. The number of amides is 2. The zero-order valence-electron chi connectivity index (χ0n) is 11.7. The fraction of sp³-hybridized carbons (Fsp3) is 0.600. The van der Waals surface area contributed by atoms with Crippen LogP contribution in [0.1, 0.15) is 36.8 Å². The maximum Gasteiger partial charge on any atom is 0.318 e. The summed E-state index contributed by atoms with van der Waals surface area (Å²) < 4.78 is 0. The number of rotatable bonds is 2. The average molecular weight is 275 g/mol. The quantitative estimate of drug-likeness (QED) is 0.861. The van der Waals surface area contributed by atoms with Crippen molar-refractivity contribution in [2.24, 2.45) is 0 Å². The molecule has 0 aromatic carbocycles. The summed E-state index contributed by atoms with van der Waals surface area (Å²) in [6.45, 7) is 2.50. The van der Waals surface area contributed by atoms with Crippen LogP contribution in [0.4, 0.5) is 4.79 Å². The SMILES string of the molecule is Cc1cncc(CNC(=O)N2C3CCC2CC(O)C3)c1. The van der Waals surface area contributed by atoms with Crippen molar-refractivity contribution in [3.63, 3.8) is 0 Å². The third-order valence-corrected chi connectivity index (χ3v) is 4.32. The second-order valence-corrected chi connectivity index (χ2v) is 5.95. The number of hydrogen-bond donors (Lipinski definition) is 2. The second kappa shape index (κ2) is 5.40. The number of piperidine rings is 1. The summed E-state index contributed by atoms with van der Waals surface area (Å²) in [5, 5.41) is 12.7. The van der Waals surface area contributed by atoms with Gasteiger partial charge in [-0.1, -0.05) is 6.07 Å². The Kier molecular flexibility index (Phi) is 3.61. The summed E-state index contributed by atoms with van der Waals surface area (Å²) in [5.41, 5.74) is 2.11. The maximum atomic E-state index is 12.3. The molecule has 2 aliphatic heterocycles. The van der Waals surface area contributed by atoms with Gasteiger partial charge in [-0.25, -0.2) is 4.79 Å². The first kappa shape index (κ1) is 13.4. The number of carbonyl (C=O) groups excluding carboxylic acids is 1. The van der Waals surface area contributed by atoms with Crippen LogP contribution in [0.2, 0.25) is 0 Å². The molecule has 2 N–H and O–H groups in total. The topological polar surface area (TPSA) is 65.5 Å². The molecule has 2 bridgehead atoms. The van der Waals surface area contributed by atoms with Crippen LogP contribution in [0.15, 0.2) is 18.5 Å². The molecule has 0 saturated carbocycles. The summed E-state index contributed by atoms with van der Waals surface area (Å²) in [4.78, 5) is 18.4. The predicted octanol–water partition coefficient (Wildman–Crippen LogP) is 1.59. The lowest BCUT2D eigenvalue weighted by atomic mass is 10.0. The smallest absolute Gasteiger partial charge is 0.318 e. The lowest BCUT2D eigenvalue weighted by Crippen LogP contribution is -2.51. The van der Waals surface area contributed by atoms with E-state index in [1.807, 2.05) is 17.9 Å². The summed E-state index contributed by atoms with van der Waals surface area (Å²) in [7, 11) is 0. The van der Waals surface area contributed by atoms with E-state index in [9.17, 15) is 9.90 Å². The van der Waals surface area contributed by atoms with Crippen LogP contribution >= 0.6 is 0 Å². The molecule has 0 radical (unpaired) electrons. The van der Waals surface area contributed by atoms with Crippen molar-refractivity contribution in [2.45, 2.75) is 57.3 Å². The molecular weight excluding hydrogens is 254 g/mol. The molecule has 2 aliphatic rings. The summed E-state index contributed by atoms with van der Waals surface area (Å²) in [6.07, 6.45) is 6.81. The van der Waals surface area contributed by atoms with E-state index in [-0.39, 0.29) is 24.2 Å². The van der Waals surface area contributed by atoms with E-state index in [0.717, 1.165) is 36.8 Å². The Morgan fingerprint density at radius 2 is 2.10 bits per heavy atom. The van der Waals surface area contributed by atoms with Gasteiger partial charge in [0.25, 0.3) is 0 Å². The number of aromatic nitrogens is 1. The number of nitrogens with zero attached hydrogens (tertiary/aromatic N) is 2. The maximum absolute atomic E-state index is 12.3. The highest BCUT2D eigenvalue weighted by Gasteiger charge is 2.42. The van der Waals surface area contributed by atoms with Gasteiger partial charge in [0, 0.05) is 31.0 Å². The van der Waals surface area contributed by atoms with Crippen molar-refractivity contribution in [2.75, 3.05) is 0 Å². The Bertz CT molecular complexity index is 492. The van der Waals surface area contributed by atoms with E-state index >= 15 is 0 Å². The van der Waals surface area contributed by atoms with E-state index in [1.165, 1.54) is 0 Å². The highest BCUT2D eigenvalue weighted by atomic mass is 16.3. The molecule has 108 valence electrons. The fourth-order valence-electron chi connectivity index (χ4n) is 3.46. The van der Waals surface area contributed by atoms with Gasteiger partial charge in [0.15, 0.2) is 0 Å². The van der Waals surface area contributed by atoms with Gasteiger partial charge in [-0.2, -0.15) is 0 Å². The third-order valence-electron chi connectivity index (χ3n) is 4.32. The minimum Gasteiger partial charge on any atom is -0.393 e. The van der Waals surface area contributed by atoms with E-state index in [2.05, 4.69) is 10.3 Å². The van der Waals surface area contributed by atoms with Crippen molar-refractivity contribution in [3.05, 3.63) is 29.6 Å². The van der Waals surface area contributed by atoms with Gasteiger partial charge in [0.1, 0.15) is 0 Å². The van der Waals surface area contributed by atoms with Crippen molar-refractivity contribution in [1.29, 1.82) is 0 Å². The molecule has 1 aromatic heterocycles. The van der Waals surface area contributed by atoms with E-state index in [1.54, 1.807) is 12.4 Å². The number of hydrogen-bond acceptors (Lipinski definition) is 3. The molecule has 2 atom stereocenters. The average Bonchev–Trinajstić information content (AvgIpc) is 2.68. The van der Waals surface area contributed by atoms with Crippen LogP contribution in [-0.4, -0.2) is 39.2 Å². The normalized spacial score (nSPS) is 28.5. The van der Waals surface area contributed by atoms with Crippen LogP contribution in [0, 0.1) is 6.92 Å². The highest BCUT2D eigenvalue weighted by molar-refractivity contribution is 5.75.